The van der Waals surface area contributed by atoms with Crippen molar-refractivity contribution >= 4 is 5.97 Å². The van der Waals surface area contributed by atoms with Gasteiger partial charge >= 0.3 is 5.97 Å². The molecule has 1 saturated carbocycles. The first-order chi connectivity index (χ1) is 13.4. The number of hydrogen-bond donors (Lipinski definition) is 2. The Morgan fingerprint density at radius 1 is 1.32 bits per heavy atom. The van der Waals surface area contributed by atoms with Crippen LogP contribution in [-0.4, -0.2) is 47.2 Å². The molecule has 28 heavy (non-hydrogen) atoms. The Balaban J connectivity index is 1.81. The van der Waals surface area contributed by atoms with Gasteiger partial charge in [0.1, 0.15) is 0 Å². The Hall–Kier alpha value is -1.17. The predicted octanol–water partition coefficient (Wildman–Crippen LogP) is 3.93. The van der Waals surface area contributed by atoms with Gasteiger partial charge in [-0.3, -0.25) is 4.79 Å². The molecule has 1 aliphatic carbocycles. The lowest BCUT2D eigenvalue weighted by molar-refractivity contribution is -0.140. The lowest BCUT2D eigenvalue weighted by atomic mass is 9.87. The zero-order valence-corrected chi connectivity index (χ0v) is 17.5. The molecular weight excluding hydrogens is 356 g/mol. The second-order valence-corrected chi connectivity index (χ2v) is 8.44. The second kappa shape index (κ2) is 11.1. The first-order valence-corrected chi connectivity index (χ1v) is 10.9. The minimum absolute atomic E-state index is 0.0882. The van der Waals surface area contributed by atoms with Crippen molar-refractivity contribution in [3.8, 4) is 0 Å². The molecule has 1 unspecified atom stereocenters. The maximum absolute atomic E-state index is 11.2. The number of rotatable bonds is 12. The van der Waals surface area contributed by atoms with E-state index in [1.807, 2.05) is 6.08 Å². The normalized spacial score (nSPS) is 31.6. The van der Waals surface area contributed by atoms with E-state index < -0.39 is 5.60 Å². The summed E-state index contributed by atoms with van der Waals surface area (Å²) in [5, 5.41) is 21.1. The number of hydrogen-bond acceptors (Lipinski definition) is 5. The monoisotopic (exact) mass is 394 g/mol. The van der Waals surface area contributed by atoms with Crippen molar-refractivity contribution in [3.05, 3.63) is 24.8 Å². The molecule has 1 heterocycles. The maximum atomic E-state index is 11.2. The molecule has 2 fully saturated rings. The molecule has 6 atom stereocenters. The molecule has 0 aromatic carbocycles. The topological polar surface area (TPSA) is 76.0 Å². The van der Waals surface area contributed by atoms with Gasteiger partial charge in [0.2, 0.25) is 0 Å². The first-order valence-electron chi connectivity index (χ1n) is 10.9. The third-order valence-electron chi connectivity index (χ3n) is 6.35. The van der Waals surface area contributed by atoms with Gasteiger partial charge in [-0.1, -0.05) is 44.4 Å². The van der Waals surface area contributed by atoms with Gasteiger partial charge in [0.25, 0.3) is 0 Å². The number of carbonyl (C=O) groups excluding carboxylic acids is 1. The summed E-state index contributed by atoms with van der Waals surface area (Å²) >= 11 is 0. The highest BCUT2D eigenvalue weighted by Crippen LogP contribution is 2.45. The molecule has 2 N–H and O–H groups in total. The number of aliphatic hydroxyl groups excluding tert-OH is 1. The molecule has 0 spiro atoms. The number of ether oxygens (including phenoxy) is 2. The van der Waals surface area contributed by atoms with Gasteiger partial charge in [-0.05, 0) is 38.0 Å². The summed E-state index contributed by atoms with van der Waals surface area (Å²) in [5.74, 6) is 0.269. The number of carbonyl (C=O) groups is 1. The summed E-state index contributed by atoms with van der Waals surface area (Å²) in [6.45, 7) is 5.90. The number of methoxy groups -OCH3 is 1. The Kier molecular flexibility index (Phi) is 9.19. The van der Waals surface area contributed by atoms with Crippen LogP contribution < -0.4 is 0 Å². The maximum Gasteiger partial charge on any atom is 0.305 e. The Bertz CT molecular complexity index is 531. The van der Waals surface area contributed by atoms with E-state index in [1.54, 1.807) is 6.08 Å². The van der Waals surface area contributed by atoms with Crippen LogP contribution in [0, 0.1) is 11.8 Å². The molecule has 0 amide bonds. The van der Waals surface area contributed by atoms with Gasteiger partial charge in [-0.15, -0.1) is 6.58 Å². The number of aliphatic hydroxyl groups is 2. The van der Waals surface area contributed by atoms with Gasteiger partial charge in [-0.2, -0.15) is 0 Å². The van der Waals surface area contributed by atoms with Crippen LogP contribution in [0.5, 0.6) is 0 Å². The van der Waals surface area contributed by atoms with Crippen LogP contribution in [0.1, 0.15) is 71.1 Å². The van der Waals surface area contributed by atoms with Crippen LogP contribution in [0.15, 0.2) is 24.8 Å². The summed E-state index contributed by atoms with van der Waals surface area (Å²) in [4.78, 5) is 11.2. The number of esters is 1. The van der Waals surface area contributed by atoms with Crippen LogP contribution in [0.25, 0.3) is 0 Å². The lowest BCUT2D eigenvalue weighted by Gasteiger charge is -2.23. The van der Waals surface area contributed by atoms with E-state index in [9.17, 15) is 15.0 Å². The zero-order chi connectivity index (χ0) is 20.6. The van der Waals surface area contributed by atoms with E-state index >= 15 is 0 Å². The van der Waals surface area contributed by atoms with Gasteiger partial charge in [0.05, 0.1) is 31.0 Å². The van der Waals surface area contributed by atoms with Crippen LogP contribution in [-0.2, 0) is 14.3 Å². The van der Waals surface area contributed by atoms with E-state index in [-0.39, 0.29) is 30.2 Å². The quantitative estimate of drug-likeness (QED) is 0.298. The Morgan fingerprint density at radius 2 is 2.11 bits per heavy atom. The fourth-order valence-corrected chi connectivity index (χ4v) is 4.57. The van der Waals surface area contributed by atoms with Gasteiger partial charge < -0.3 is 19.7 Å². The van der Waals surface area contributed by atoms with E-state index in [0.717, 1.165) is 38.5 Å². The third-order valence-corrected chi connectivity index (χ3v) is 6.35. The van der Waals surface area contributed by atoms with Crippen LogP contribution >= 0.6 is 0 Å². The van der Waals surface area contributed by atoms with Crippen LogP contribution in [0.3, 0.4) is 0 Å². The molecule has 5 heteroatoms. The summed E-state index contributed by atoms with van der Waals surface area (Å²) in [5.41, 5.74) is -0.857. The number of fused-ring (bicyclic) bond motifs is 1. The van der Waals surface area contributed by atoms with Gasteiger partial charge in [-0.25, -0.2) is 0 Å². The Morgan fingerprint density at radius 3 is 2.79 bits per heavy atom. The van der Waals surface area contributed by atoms with Crippen molar-refractivity contribution in [1.82, 2.24) is 0 Å². The fourth-order valence-electron chi connectivity index (χ4n) is 4.57. The zero-order valence-electron chi connectivity index (χ0n) is 17.5. The SMILES string of the molecule is C=CC(O)(CC=C[C@@H]1[C@H]2C[C@H](CCCCC(=O)OC)O[C@@H]2C[C@H]1O)CCCC. The molecule has 0 aromatic heterocycles. The average molecular weight is 395 g/mol. The molecular formula is C23H38O5. The van der Waals surface area contributed by atoms with Crippen LogP contribution in [0.2, 0.25) is 0 Å². The molecule has 2 rings (SSSR count). The Labute approximate surface area is 169 Å². The highest BCUT2D eigenvalue weighted by atomic mass is 16.5. The predicted molar refractivity (Wildman–Crippen MR) is 110 cm³/mol. The fraction of sp³-hybridized carbons (Fsp3) is 0.783. The smallest absolute Gasteiger partial charge is 0.305 e. The second-order valence-electron chi connectivity index (χ2n) is 8.44. The molecule has 1 aliphatic heterocycles. The largest absolute Gasteiger partial charge is 0.469 e. The average Bonchev–Trinajstić information content (AvgIpc) is 3.20. The van der Waals surface area contributed by atoms with Crippen molar-refractivity contribution in [1.29, 1.82) is 0 Å². The summed E-state index contributed by atoms with van der Waals surface area (Å²) < 4.78 is 10.8. The van der Waals surface area contributed by atoms with Crippen molar-refractivity contribution in [2.75, 3.05) is 7.11 Å². The molecule has 2 aliphatic rings. The molecule has 0 bridgehead atoms. The molecule has 0 radical (unpaired) electrons. The number of unbranched alkanes of at least 4 members (excludes halogenated alkanes) is 2. The summed E-state index contributed by atoms with van der Waals surface area (Å²) in [7, 11) is 1.42. The highest BCUT2D eigenvalue weighted by molar-refractivity contribution is 5.68. The van der Waals surface area contributed by atoms with E-state index in [2.05, 4.69) is 24.3 Å². The van der Waals surface area contributed by atoms with Crippen molar-refractivity contribution in [2.24, 2.45) is 11.8 Å². The van der Waals surface area contributed by atoms with Crippen LogP contribution in [0.4, 0.5) is 0 Å². The van der Waals surface area contributed by atoms with E-state index in [1.165, 1.54) is 7.11 Å². The highest BCUT2D eigenvalue weighted by Gasteiger charge is 2.47. The lowest BCUT2D eigenvalue weighted by Crippen LogP contribution is -2.25. The minimum atomic E-state index is -0.857. The third kappa shape index (κ3) is 6.43. The van der Waals surface area contributed by atoms with E-state index in [4.69, 9.17) is 4.74 Å². The molecule has 1 saturated heterocycles. The van der Waals surface area contributed by atoms with Gasteiger partial charge in [0.15, 0.2) is 0 Å². The van der Waals surface area contributed by atoms with Crippen molar-refractivity contribution in [3.63, 3.8) is 0 Å². The summed E-state index contributed by atoms with van der Waals surface area (Å²) in [6, 6.07) is 0. The molecule has 5 nitrogen and oxygen atoms in total. The molecule has 0 aromatic rings. The minimum Gasteiger partial charge on any atom is -0.469 e. The van der Waals surface area contributed by atoms with Crippen molar-refractivity contribution < 1.29 is 24.5 Å². The van der Waals surface area contributed by atoms with Gasteiger partial charge in [0, 0.05) is 18.8 Å². The van der Waals surface area contributed by atoms with Crippen molar-refractivity contribution in [2.45, 2.75) is 95.0 Å². The molecule has 160 valence electrons. The standard InChI is InChI=1S/C23H38O5/c1-4-6-13-23(26,5-2)14-9-11-18-19-15-17(28-21(19)16-20(18)24)10-7-8-12-22(25)27-3/h5,9,11,17-21,24,26H,2,4,6-8,10,12-16H2,1,3H3/t17-,18+,19+,20+,21+,23?/m0/s1. The summed E-state index contributed by atoms with van der Waals surface area (Å²) in [6.07, 6.45) is 13.8. The van der Waals surface area contributed by atoms with E-state index in [0.29, 0.717) is 31.6 Å². The first kappa shape index (κ1) is 23.1.